The minimum absolute atomic E-state index is 0.114. The van der Waals surface area contributed by atoms with Gasteiger partial charge in [0.2, 0.25) is 0 Å². The van der Waals surface area contributed by atoms with Gasteiger partial charge in [0.1, 0.15) is 0 Å². The largest absolute Gasteiger partial charge is 0.381 e. The monoisotopic (exact) mass is 270 g/mol. The first-order chi connectivity index (χ1) is 8.29. The molecule has 0 bridgehead atoms. The van der Waals surface area contributed by atoms with Gasteiger partial charge in [-0.2, -0.15) is 0 Å². The second-order valence-electron chi connectivity index (χ2n) is 5.17. The highest BCUT2D eigenvalue weighted by molar-refractivity contribution is 7.90. The minimum Gasteiger partial charge on any atom is -0.381 e. The molecule has 1 aromatic rings. The highest BCUT2D eigenvalue weighted by Gasteiger charge is 2.09. The minimum atomic E-state index is -3.21. The fourth-order valence-electron chi connectivity index (χ4n) is 1.63. The number of aromatic nitrogens is 1. The lowest BCUT2D eigenvalue weighted by Gasteiger charge is -2.16. The number of hydrogen-bond donors (Lipinski definition) is 1. The molecule has 5 heteroatoms. The molecule has 1 atom stereocenters. The SMILES string of the molecule is CC(C)CCC(C)Nc1ccc(S(C)(=O)=O)nc1. The van der Waals surface area contributed by atoms with Crippen LogP contribution in [0.4, 0.5) is 5.69 Å². The molecule has 102 valence electrons. The predicted octanol–water partition coefficient (Wildman–Crippen LogP) is 2.72. The number of pyridine rings is 1. The molecule has 0 radical (unpaired) electrons. The fourth-order valence-corrected chi connectivity index (χ4v) is 2.18. The van der Waals surface area contributed by atoms with Gasteiger partial charge in [0.15, 0.2) is 14.9 Å². The van der Waals surface area contributed by atoms with E-state index in [9.17, 15) is 8.42 Å². The Labute approximate surface area is 110 Å². The van der Waals surface area contributed by atoms with E-state index in [-0.39, 0.29) is 5.03 Å². The molecule has 1 heterocycles. The lowest BCUT2D eigenvalue weighted by Crippen LogP contribution is -2.16. The van der Waals surface area contributed by atoms with Gasteiger partial charge in [-0.15, -0.1) is 0 Å². The Bertz CT molecular complexity index is 466. The van der Waals surface area contributed by atoms with Crippen molar-refractivity contribution in [3.63, 3.8) is 0 Å². The average Bonchev–Trinajstić information content (AvgIpc) is 2.26. The Morgan fingerprint density at radius 1 is 1.22 bits per heavy atom. The normalized spacial score (nSPS) is 13.6. The maximum atomic E-state index is 11.3. The summed E-state index contributed by atoms with van der Waals surface area (Å²) in [6.07, 6.45) is 4.99. The molecule has 1 unspecified atom stereocenters. The smallest absolute Gasteiger partial charge is 0.192 e. The molecule has 1 N–H and O–H groups in total. The number of nitrogens with zero attached hydrogens (tertiary/aromatic N) is 1. The predicted molar refractivity (Wildman–Crippen MR) is 74.5 cm³/mol. The maximum Gasteiger partial charge on any atom is 0.192 e. The van der Waals surface area contributed by atoms with Crippen LogP contribution in [0, 0.1) is 5.92 Å². The van der Waals surface area contributed by atoms with E-state index in [0.717, 1.165) is 18.4 Å². The van der Waals surface area contributed by atoms with Gasteiger partial charge >= 0.3 is 0 Å². The second-order valence-corrected chi connectivity index (χ2v) is 7.14. The first kappa shape index (κ1) is 15.0. The average molecular weight is 270 g/mol. The Hall–Kier alpha value is -1.10. The van der Waals surface area contributed by atoms with Crippen LogP contribution in [0.3, 0.4) is 0 Å². The van der Waals surface area contributed by atoms with Crippen LogP contribution in [-0.4, -0.2) is 25.7 Å². The summed E-state index contributed by atoms with van der Waals surface area (Å²) >= 11 is 0. The molecule has 0 fully saturated rings. The summed E-state index contributed by atoms with van der Waals surface area (Å²) in [7, 11) is -3.21. The molecule has 1 rings (SSSR count). The molecule has 0 saturated heterocycles. The van der Waals surface area contributed by atoms with Crippen molar-refractivity contribution < 1.29 is 8.42 Å². The standard InChI is InChI=1S/C13H22N2O2S/c1-10(2)5-6-11(3)15-12-7-8-13(14-9-12)18(4,16)17/h7-11,15H,5-6H2,1-4H3. The number of rotatable bonds is 6. The van der Waals surface area contributed by atoms with Crippen molar-refractivity contribution in [2.24, 2.45) is 5.92 Å². The van der Waals surface area contributed by atoms with E-state index in [4.69, 9.17) is 0 Å². The van der Waals surface area contributed by atoms with Gasteiger partial charge in [-0.25, -0.2) is 13.4 Å². The van der Waals surface area contributed by atoms with Gasteiger partial charge in [0.05, 0.1) is 11.9 Å². The number of anilines is 1. The van der Waals surface area contributed by atoms with Crippen LogP contribution in [-0.2, 0) is 9.84 Å². The highest BCUT2D eigenvalue weighted by Crippen LogP contribution is 2.14. The van der Waals surface area contributed by atoms with E-state index in [0.29, 0.717) is 12.0 Å². The van der Waals surface area contributed by atoms with E-state index in [2.05, 4.69) is 31.1 Å². The zero-order valence-electron chi connectivity index (χ0n) is 11.5. The first-order valence-corrected chi connectivity index (χ1v) is 8.11. The quantitative estimate of drug-likeness (QED) is 0.863. The van der Waals surface area contributed by atoms with Crippen LogP contribution >= 0.6 is 0 Å². The van der Waals surface area contributed by atoms with E-state index >= 15 is 0 Å². The van der Waals surface area contributed by atoms with Crippen LogP contribution in [0.1, 0.15) is 33.6 Å². The Balaban J connectivity index is 2.59. The van der Waals surface area contributed by atoms with Crippen molar-refractivity contribution >= 4 is 15.5 Å². The van der Waals surface area contributed by atoms with Gasteiger partial charge in [0, 0.05) is 12.3 Å². The fraction of sp³-hybridized carbons (Fsp3) is 0.615. The zero-order valence-corrected chi connectivity index (χ0v) is 12.3. The van der Waals surface area contributed by atoms with Gasteiger partial charge < -0.3 is 5.32 Å². The zero-order chi connectivity index (χ0) is 13.8. The summed E-state index contributed by atoms with van der Waals surface area (Å²) in [5.74, 6) is 0.694. The third kappa shape index (κ3) is 5.04. The summed E-state index contributed by atoms with van der Waals surface area (Å²) < 4.78 is 22.5. The molecule has 0 amide bonds. The second kappa shape index (κ2) is 6.18. The van der Waals surface area contributed by atoms with E-state index < -0.39 is 9.84 Å². The number of hydrogen-bond acceptors (Lipinski definition) is 4. The highest BCUT2D eigenvalue weighted by atomic mass is 32.2. The molecule has 1 aromatic heterocycles. The molecule has 0 aliphatic carbocycles. The molecule has 0 saturated carbocycles. The number of sulfone groups is 1. The van der Waals surface area contributed by atoms with Gasteiger partial charge in [-0.05, 0) is 37.8 Å². The third-order valence-corrected chi connectivity index (χ3v) is 3.71. The molecular formula is C13H22N2O2S. The van der Waals surface area contributed by atoms with Crippen LogP contribution in [0.5, 0.6) is 0 Å². The van der Waals surface area contributed by atoms with Crippen molar-refractivity contribution in [1.82, 2.24) is 4.98 Å². The summed E-state index contributed by atoms with van der Waals surface area (Å²) in [5, 5.41) is 3.43. The van der Waals surface area contributed by atoms with Gasteiger partial charge in [-0.3, -0.25) is 0 Å². The maximum absolute atomic E-state index is 11.3. The summed E-state index contributed by atoms with van der Waals surface area (Å²) in [4.78, 5) is 3.95. The van der Waals surface area contributed by atoms with Crippen molar-refractivity contribution in [1.29, 1.82) is 0 Å². The molecular weight excluding hydrogens is 248 g/mol. The summed E-state index contributed by atoms with van der Waals surface area (Å²) in [6.45, 7) is 6.53. The lowest BCUT2D eigenvalue weighted by molar-refractivity contribution is 0.527. The summed E-state index contributed by atoms with van der Waals surface area (Å²) in [6, 6.07) is 3.65. The molecule has 0 aromatic carbocycles. The van der Waals surface area contributed by atoms with Crippen molar-refractivity contribution in [3.05, 3.63) is 18.3 Å². The number of nitrogens with one attached hydrogen (secondary N) is 1. The Kier molecular flexibility index (Phi) is 5.14. The molecule has 18 heavy (non-hydrogen) atoms. The van der Waals surface area contributed by atoms with Crippen LogP contribution in [0.15, 0.2) is 23.4 Å². The van der Waals surface area contributed by atoms with Crippen LogP contribution < -0.4 is 5.32 Å². The van der Waals surface area contributed by atoms with Crippen molar-refractivity contribution in [2.75, 3.05) is 11.6 Å². The first-order valence-electron chi connectivity index (χ1n) is 6.21. The van der Waals surface area contributed by atoms with Gasteiger partial charge in [0.25, 0.3) is 0 Å². The van der Waals surface area contributed by atoms with Crippen LogP contribution in [0.25, 0.3) is 0 Å². The van der Waals surface area contributed by atoms with Gasteiger partial charge in [-0.1, -0.05) is 13.8 Å². The molecule has 0 aliphatic rings. The van der Waals surface area contributed by atoms with E-state index in [1.807, 2.05) is 0 Å². The van der Waals surface area contributed by atoms with E-state index in [1.165, 1.54) is 12.5 Å². The lowest BCUT2D eigenvalue weighted by atomic mass is 10.0. The molecule has 4 nitrogen and oxygen atoms in total. The van der Waals surface area contributed by atoms with Crippen molar-refractivity contribution in [3.8, 4) is 0 Å². The van der Waals surface area contributed by atoms with Crippen LogP contribution in [0.2, 0.25) is 0 Å². The topological polar surface area (TPSA) is 59.1 Å². The van der Waals surface area contributed by atoms with Crippen molar-refractivity contribution in [2.45, 2.75) is 44.7 Å². The Morgan fingerprint density at radius 2 is 1.89 bits per heavy atom. The molecule has 0 aliphatic heterocycles. The van der Waals surface area contributed by atoms with E-state index in [1.54, 1.807) is 12.3 Å². The Morgan fingerprint density at radius 3 is 2.33 bits per heavy atom. The molecule has 0 spiro atoms. The summed E-state index contributed by atoms with van der Waals surface area (Å²) in [5.41, 5.74) is 0.860. The third-order valence-electron chi connectivity index (χ3n) is 2.71.